The van der Waals surface area contributed by atoms with Crippen LogP contribution in [-0.2, 0) is 20.6 Å². The van der Waals surface area contributed by atoms with Crippen molar-refractivity contribution in [2.75, 3.05) is 20.9 Å². The lowest BCUT2D eigenvalue weighted by molar-refractivity contribution is -0.0655. The molecule has 24 heavy (non-hydrogen) atoms. The number of ether oxygens (including phenoxy) is 2. The van der Waals surface area contributed by atoms with E-state index in [4.69, 9.17) is 19.3 Å². The van der Waals surface area contributed by atoms with Crippen molar-refractivity contribution in [2.45, 2.75) is 25.2 Å². The van der Waals surface area contributed by atoms with Gasteiger partial charge in [-0.05, 0) is 13.5 Å². The molecule has 0 amide bonds. The fourth-order valence-electron chi connectivity index (χ4n) is 1.98. The normalized spacial score (nSPS) is 14.8. The molecule has 0 radical (unpaired) electrons. The largest absolute Gasteiger partial charge is 0.377 e. The Bertz CT molecular complexity index is 693. The van der Waals surface area contributed by atoms with Gasteiger partial charge >= 0.3 is 13.3 Å². The third-order valence-electron chi connectivity index (χ3n) is 3.10. The average Bonchev–Trinajstić information content (AvgIpc) is 2.49. The molecule has 0 aromatic carbocycles. The van der Waals surface area contributed by atoms with Gasteiger partial charge in [0, 0.05) is 25.2 Å². The lowest BCUT2D eigenvalue weighted by Crippen LogP contribution is -2.40. The fourth-order valence-corrected chi connectivity index (χ4v) is 2.37. The van der Waals surface area contributed by atoms with E-state index >= 15 is 0 Å². The highest BCUT2D eigenvalue weighted by Crippen LogP contribution is 2.36. The first-order valence-corrected chi connectivity index (χ1v) is 8.76. The number of hydrogen-bond acceptors (Lipinski definition) is 6. The van der Waals surface area contributed by atoms with E-state index in [0.717, 1.165) is 5.82 Å². The van der Waals surface area contributed by atoms with Crippen LogP contribution in [0.3, 0.4) is 0 Å². The van der Waals surface area contributed by atoms with Crippen LogP contribution in [0.4, 0.5) is 0 Å². The molecule has 0 saturated heterocycles. The molecule has 1 aromatic rings. The van der Waals surface area contributed by atoms with Crippen molar-refractivity contribution in [1.29, 1.82) is 0 Å². The summed E-state index contributed by atoms with van der Waals surface area (Å²) in [6.45, 7) is 0.291. The highest BCUT2D eigenvalue weighted by atomic mass is 31.2. The first kappa shape index (κ1) is 20.5. The quantitative estimate of drug-likeness (QED) is 0.312. The van der Waals surface area contributed by atoms with Gasteiger partial charge < -0.3 is 19.3 Å². The molecule has 0 spiro atoms. The molecule has 0 saturated carbocycles. The van der Waals surface area contributed by atoms with Gasteiger partial charge in [0.2, 0.25) is 0 Å². The van der Waals surface area contributed by atoms with Crippen molar-refractivity contribution in [3.8, 4) is 0 Å². The van der Waals surface area contributed by atoms with Crippen molar-refractivity contribution in [2.24, 2.45) is 0 Å². The van der Waals surface area contributed by atoms with Crippen LogP contribution in [-0.4, -0.2) is 52.4 Å². The van der Waals surface area contributed by atoms with Crippen LogP contribution in [0.25, 0.3) is 0 Å². The molecule has 4 N–H and O–H groups in total. The fraction of sp³-hybridized carbons (Fsp3) is 0.538. The zero-order chi connectivity index (χ0) is 18.2. The van der Waals surface area contributed by atoms with E-state index in [9.17, 15) is 14.2 Å². The van der Waals surface area contributed by atoms with Gasteiger partial charge in [0.05, 0.1) is 19.4 Å². The van der Waals surface area contributed by atoms with Crippen molar-refractivity contribution in [3.05, 3.63) is 45.0 Å². The molecule has 10 nitrogen and oxygen atoms in total. The smallest absolute Gasteiger partial charge is 0.348 e. The standard InChI is InChI=1S/C13H22N3O7P/c1-14-9-23-10(4-3-7-24(19,20)21)11(22-2)8-16-6-5-12(17)15-13(16)18/h3,5-7,10-11,14H,4,8-9H2,1-2H3,(H,15,17,18)(H2,19,20,21)/b7-3+. The van der Waals surface area contributed by atoms with Gasteiger partial charge in [0.1, 0.15) is 6.10 Å². The Morgan fingerprint density at radius 2 is 2.12 bits per heavy atom. The lowest BCUT2D eigenvalue weighted by Gasteiger charge is -2.26. The first-order chi connectivity index (χ1) is 11.3. The summed E-state index contributed by atoms with van der Waals surface area (Å²) in [6, 6.07) is 1.21. The molecule has 1 aromatic heterocycles. The maximum atomic E-state index is 11.8. The molecule has 136 valence electrons. The maximum Gasteiger partial charge on any atom is 0.348 e. The highest BCUT2D eigenvalue weighted by molar-refractivity contribution is 7.55. The monoisotopic (exact) mass is 363 g/mol. The van der Waals surface area contributed by atoms with Crippen LogP contribution >= 0.6 is 7.60 Å². The molecule has 1 rings (SSSR count). The van der Waals surface area contributed by atoms with E-state index in [1.165, 1.54) is 30.0 Å². The lowest BCUT2D eigenvalue weighted by atomic mass is 10.1. The predicted octanol–water partition coefficient (Wildman–Crippen LogP) is -0.805. The Kier molecular flexibility index (Phi) is 8.26. The van der Waals surface area contributed by atoms with Crippen LogP contribution in [0.5, 0.6) is 0 Å². The van der Waals surface area contributed by atoms with E-state index in [-0.39, 0.29) is 19.7 Å². The third kappa shape index (κ3) is 7.35. The second-order valence-electron chi connectivity index (χ2n) is 4.95. The van der Waals surface area contributed by atoms with Gasteiger partial charge in [-0.3, -0.25) is 24.2 Å². The van der Waals surface area contributed by atoms with E-state index in [1.54, 1.807) is 7.05 Å². The molecule has 0 aliphatic heterocycles. The number of rotatable bonds is 10. The van der Waals surface area contributed by atoms with E-state index < -0.39 is 31.1 Å². The highest BCUT2D eigenvalue weighted by Gasteiger charge is 2.22. The Balaban J connectivity index is 2.90. The Morgan fingerprint density at radius 3 is 2.67 bits per heavy atom. The zero-order valence-electron chi connectivity index (χ0n) is 13.4. The summed E-state index contributed by atoms with van der Waals surface area (Å²) in [5.41, 5.74) is -1.08. The SMILES string of the molecule is CNCOC(C/C=C/P(=O)(O)O)C(Cn1ccc(=O)[nH]c1=O)OC. The second kappa shape index (κ2) is 9.67. The van der Waals surface area contributed by atoms with E-state index in [1.807, 2.05) is 0 Å². The molecule has 0 bridgehead atoms. The minimum Gasteiger partial charge on any atom is -0.377 e. The maximum absolute atomic E-state index is 11.8. The van der Waals surface area contributed by atoms with Gasteiger partial charge in [0.25, 0.3) is 5.56 Å². The van der Waals surface area contributed by atoms with Crippen molar-refractivity contribution >= 4 is 7.60 Å². The van der Waals surface area contributed by atoms with Crippen LogP contribution in [0.2, 0.25) is 0 Å². The molecule has 0 aliphatic carbocycles. The van der Waals surface area contributed by atoms with Crippen molar-refractivity contribution < 1.29 is 23.8 Å². The molecule has 2 unspecified atom stereocenters. The summed E-state index contributed by atoms with van der Waals surface area (Å²) < 4.78 is 23.1. The van der Waals surface area contributed by atoms with Crippen LogP contribution in [0.15, 0.2) is 33.7 Å². The number of aromatic amines is 1. The molecule has 11 heteroatoms. The Morgan fingerprint density at radius 1 is 1.42 bits per heavy atom. The van der Waals surface area contributed by atoms with Crippen LogP contribution in [0.1, 0.15) is 6.42 Å². The zero-order valence-corrected chi connectivity index (χ0v) is 14.3. The third-order valence-corrected chi connectivity index (χ3v) is 3.70. The van der Waals surface area contributed by atoms with Crippen molar-refractivity contribution in [1.82, 2.24) is 14.9 Å². The van der Waals surface area contributed by atoms with Gasteiger partial charge in [0.15, 0.2) is 0 Å². The second-order valence-corrected chi connectivity index (χ2v) is 6.43. The van der Waals surface area contributed by atoms with Crippen molar-refractivity contribution in [3.63, 3.8) is 0 Å². The van der Waals surface area contributed by atoms with E-state index in [0.29, 0.717) is 0 Å². The molecular formula is C13H22N3O7P. The molecule has 0 fully saturated rings. The summed E-state index contributed by atoms with van der Waals surface area (Å²) in [6.07, 6.45) is 1.67. The molecule has 2 atom stereocenters. The van der Waals surface area contributed by atoms with Crippen LogP contribution in [0, 0.1) is 0 Å². The number of methoxy groups -OCH3 is 1. The van der Waals surface area contributed by atoms with Gasteiger partial charge in [-0.2, -0.15) is 0 Å². The topological polar surface area (TPSA) is 143 Å². The number of aromatic nitrogens is 2. The average molecular weight is 363 g/mol. The number of hydrogen-bond donors (Lipinski definition) is 4. The Labute approximate surface area is 138 Å². The van der Waals surface area contributed by atoms with Crippen LogP contribution < -0.4 is 16.6 Å². The molecular weight excluding hydrogens is 341 g/mol. The number of nitrogens with zero attached hydrogens (tertiary/aromatic N) is 1. The van der Waals surface area contributed by atoms with E-state index in [2.05, 4.69) is 10.3 Å². The summed E-state index contributed by atoms with van der Waals surface area (Å²) in [5.74, 6) is 0.793. The summed E-state index contributed by atoms with van der Waals surface area (Å²) >= 11 is 0. The Hall–Kier alpha value is -1.55. The van der Waals surface area contributed by atoms with Gasteiger partial charge in [-0.25, -0.2) is 4.79 Å². The van der Waals surface area contributed by atoms with Gasteiger partial charge in [-0.1, -0.05) is 6.08 Å². The molecule has 1 heterocycles. The number of H-pyrrole nitrogens is 1. The molecule has 0 aliphatic rings. The first-order valence-electron chi connectivity index (χ1n) is 7.08. The summed E-state index contributed by atoms with van der Waals surface area (Å²) in [4.78, 5) is 42.7. The predicted molar refractivity (Wildman–Crippen MR) is 86.7 cm³/mol. The minimum atomic E-state index is -4.25. The minimum absolute atomic E-state index is 0.101. The summed E-state index contributed by atoms with van der Waals surface area (Å²) in [7, 11) is -1.14. The summed E-state index contributed by atoms with van der Waals surface area (Å²) in [5, 5.41) is 2.80. The number of nitrogens with one attached hydrogen (secondary N) is 2. The van der Waals surface area contributed by atoms with Gasteiger partial charge in [-0.15, -0.1) is 0 Å².